The molecule has 102 valence electrons. The summed E-state index contributed by atoms with van der Waals surface area (Å²) >= 11 is 0. The van der Waals surface area contributed by atoms with Gasteiger partial charge < -0.3 is 10.2 Å². The van der Waals surface area contributed by atoms with Crippen molar-refractivity contribution in [2.75, 3.05) is 30.4 Å². The maximum Gasteiger partial charge on any atom is 0.137 e. The molecule has 0 bridgehead atoms. The molecule has 0 saturated heterocycles. The van der Waals surface area contributed by atoms with Crippen LogP contribution in [0.5, 0.6) is 0 Å². The van der Waals surface area contributed by atoms with E-state index in [0.29, 0.717) is 12.3 Å². The summed E-state index contributed by atoms with van der Waals surface area (Å²) in [6.45, 7) is 5.70. The lowest BCUT2D eigenvalue weighted by Gasteiger charge is -2.24. The lowest BCUT2D eigenvalue weighted by molar-refractivity contribution is 0.788. The van der Waals surface area contributed by atoms with Crippen molar-refractivity contribution in [2.45, 2.75) is 39.0 Å². The van der Waals surface area contributed by atoms with Gasteiger partial charge in [-0.25, -0.2) is 9.97 Å². The molecule has 5 heteroatoms. The van der Waals surface area contributed by atoms with Crippen molar-refractivity contribution in [3.05, 3.63) is 11.4 Å². The predicted molar refractivity (Wildman–Crippen MR) is 76.4 cm³/mol. The molecule has 0 aliphatic heterocycles. The molecule has 5 nitrogen and oxygen atoms in total. The van der Waals surface area contributed by atoms with Crippen LogP contribution < -0.4 is 10.2 Å². The first-order valence-electron chi connectivity index (χ1n) is 6.89. The number of nitrogens with zero attached hydrogens (tertiary/aromatic N) is 4. The van der Waals surface area contributed by atoms with Gasteiger partial charge in [-0.3, -0.25) is 0 Å². The predicted octanol–water partition coefficient (Wildman–Crippen LogP) is 2.44. The fourth-order valence-corrected chi connectivity index (χ4v) is 2.20. The summed E-state index contributed by atoms with van der Waals surface area (Å²) < 4.78 is 0. The molecule has 2 rings (SSSR count). The van der Waals surface area contributed by atoms with E-state index in [2.05, 4.69) is 28.2 Å². The molecule has 0 spiro atoms. The van der Waals surface area contributed by atoms with Crippen molar-refractivity contribution in [1.82, 2.24) is 9.97 Å². The van der Waals surface area contributed by atoms with Gasteiger partial charge in [-0.05, 0) is 26.7 Å². The average molecular weight is 259 g/mol. The molecule has 0 atom stereocenters. The van der Waals surface area contributed by atoms with Gasteiger partial charge in [0.15, 0.2) is 0 Å². The van der Waals surface area contributed by atoms with Crippen LogP contribution in [0.15, 0.2) is 0 Å². The molecule has 1 aromatic heterocycles. The van der Waals surface area contributed by atoms with Crippen LogP contribution >= 0.6 is 0 Å². The van der Waals surface area contributed by atoms with Crippen molar-refractivity contribution >= 4 is 11.6 Å². The first kappa shape index (κ1) is 13.6. The second kappa shape index (κ2) is 5.87. The Morgan fingerprint density at radius 3 is 2.68 bits per heavy atom. The quantitative estimate of drug-likeness (QED) is 0.850. The third-order valence-electron chi connectivity index (χ3n) is 3.49. The lowest BCUT2D eigenvalue weighted by atomic mass is 10.2. The van der Waals surface area contributed by atoms with Gasteiger partial charge in [-0.15, -0.1) is 0 Å². The summed E-state index contributed by atoms with van der Waals surface area (Å²) in [5.74, 6) is 3.35. The van der Waals surface area contributed by atoms with Gasteiger partial charge in [0.05, 0.1) is 12.5 Å². The van der Waals surface area contributed by atoms with Crippen LogP contribution in [0, 0.1) is 18.3 Å². The third-order valence-corrected chi connectivity index (χ3v) is 3.49. The molecule has 0 unspecified atom stereocenters. The van der Waals surface area contributed by atoms with E-state index in [1.54, 1.807) is 0 Å². The maximum absolute atomic E-state index is 8.76. The molecule has 19 heavy (non-hydrogen) atoms. The molecular formula is C14H21N5. The van der Waals surface area contributed by atoms with Crippen molar-refractivity contribution in [3.63, 3.8) is 0 Å². The highest BCUT2D eigenvalue weighted by molar-refractivity contribution is 5.58. The van der Waals surface area contributed by atoms with Gasteiger partial charge in [-0.2, -0.15) is 5.26 Å². The number of hydrogen-bond acceptors (Lipinski definition) is 5. The smallest absolute Gasteiger partial charge is 0.137 e. The van der Waals surface area contributed by atoms with Gasteiger partial charge >= 0.3 is 0 Å². The summed E-state index contributed by atoms with van der Waals surface area (Å²) in [6.07, 6.45) is 2.90. The van der Waals surface area contributed by atoms with Crippen molar-refractivity contribution < 1.29 is 0 Å². The van der Waals surface area contributed by atoms with Gasteiger partial charge in [-0.1, -0.05) is 0 Å². The molecule has 1 aromatic rings. The second-order valence-corrected chi connectivity index (χ2v) is 4.89. The van der Waals surface area contributed by atoms with E-state index in [1.807, 2.05) is 14.0 Å². The Morgan fingerprint density at radius 1 is 1.42 bits per heavy atom. The highest BCUT2D eigenvalue weighted by Crippen LogP contribution is 2.40. The highest BCUT2D eigenvalue weighted by atomic mass is 15.2. The number of anilines is 2. The maximum atomic E-state index is 8.76. The van der Waals surface area contributed by atoms with Crippen LogP contribution in [0.25, 0.3) is 0 Å². The van der Waals surface area contributed by atoms with Crippen molar-refractivity contribution in [2.24, 2.45) is 0 Å². The van der Waals surface area contributed by atoms with Gasteiger partial charge in [0.1, 0.15) is 17.5 Å². The van der Waals surface area contributed by atoms with Gasteiger partial charge in [0, 0.05) is 31.6 Å². The Morgan fingerprint density at radius 2 is 2.16 bits per heavy atom. The third kappa shape index (κ3) is 2.95. The molecule has 0 amide bonds. The van der Waals surface area contributed by atoms with Gasteiger partial charge in [0.2, 0.25) is 0 Å². The van der Waals surface area contributed by atoms with Crippen molar-refractivity contribution in [3.8, 4) is 6.07 Å². The lowest BCUT2D eigenvalue weighted by Crippen LogP contribution is -2.26. The standard InChI is InChI=1S/C14H21N5/c1-4-19(9-5-8-15)14-10(2)12(16-3)17-13(18-14)11-6-7-11/h11H,4-7,9H2,1-3H3,(H,16,17,18). The minimum absolute atomic E-state index is 0.519. The molecule has 1 heterocycles. The van der Waals surface area contributed by atoms with E-state index in [-0.39, 0.29) is 0 Å². The van der Waals surface area contributed by atoms with Crippen LogP contribution in [0.2, 0.25) is 0 Å². The van der Waals surface area contributed by atoms with Crippen LogP contribution in [0.3, 0.4) is 0 Å². The number of nitrogens with one attached hydrogen (secondary N) is 1. The van der Waals surface area contributed by atoms with Crippen LogP contribution in [0.1, 0.15) is 43.5 Å². The van der Waals surface area contributed by atoms with Crippen LogP contribution in [0.4, 0.5) is 11.6 Å². The number of hydrogen-bond donors (Lipinski definition) is 1. The first-order valence-corrected chi connectivity index (χ1v) is 6.89. The van der Waals surface area contributed by atoms with E-state index in [0.717, 1.165) is 36.1 Å². The Hall–Kier alpha value is -1.83. The highest BCUT2D eigenvalue weighted by Gasteiger charge is 2.28. The molecule has 1 N–H and O–H groups in total. The molecule has 1 fully saturated rings. The Balaban J connectivity index is 2.35. The zero-order valence-electron chi connectivity index (χ0n) is 11.9. The largest absolute Gasteiger partial charge is 0.373 e. The summed E-state index contributed by atoms with van der Waals surface area (Å²) in [7, 11) is 1.89. The zero-order valence-corrected chi connectivity index (χ0v) is 11.9. The van der Waals surface area contributed by atoms with E-state index < -0.39 is 0 Å². The molecular weight excluding hydrogens is 238 g/mol. The summed E-state index contributed by atoms with van der Waals surface area (Å²) in [4.78, 5) is 11.5. The number of aromatic nitrogens is 2. The molecule has 0 radical (unpaired) electrons. The second-order valence-electron chi connectivity index (χ2n) is 4.89. The summed E-state index contributed by atoms with van der Waals surface area (Å²) in [5.41, 5.74) is 1.06. The fraction of sp³-hybridized carbons (Fsp3) is 0.643. The Labute approximate surface area is 114 Å². The molecule has 0 aromatic carbocycles. The minimum Gasteiger partial charge on any atom is -0.373 e. The van der Waals surface area contributed by atoms with Crippen molar-refractivity contribution in [1.29, 1.82) is 5.26 Å². The average Bonchev–Trinajstić information content (AvgIpc) is 3.25. The molecule has 1 aliphatic carbocycles. The fourth-order valence-electron chi connectivity index (χ4n) is 2.20. The van der Waals surface area contributed by atoms with Crippen LogP contribution in [-0.2, 0) is 0 Å². The van der Waals surface area contributed by atoms with E-state index in [4.69, 9.17) is 10.2 Å². The van der Waals surface area contributed by atoms with Crippen LogP contribution in [-0.4, -0.2) is 30.1 Å². The minimum atomic E-state index is 0.519. The van der Waals surface area contributed by atoms with E-state index in [1.165, 1.54) is 12.8 Å². The zero-order chi connectivity index (χ0) is 13.8. The Kier molecular flexibility index (Phi) is 4.20. The van der Waals surface area contributed by atoms with E-state index in [9.17, 15) is 0 Å². The number of rotatable bonds is 6. The number of nitriles is 1. The topological polar surface area (TPSA) is 64.8 Å². The van der Waals surface area contributed by atoms with Gasteiger partial charge in [0.25, 0.3) is 0 Å². The first-order chi connectivity index (χ1) is 9.21. The van der Waals surface area contributed by atoms with E-state index >= 15 is 0 Å². The summed E-state index contributed by atoms with van der Waals surface area (Å²) in [6, 6.07) is 2.20. The Bertz CT molecular complexity index is 487. The SMILES string of the molecule is CCN(CCC#N)c1nc(C2CC2)nc(NC)c1C. The summed E-state index contributed by atoms with van der Waals surface area (Å²) in [5, 5.41) is 11.9. The molecule has 1 aliphatic rings. The molecule has 1 saturated carbocycles. The normalized spacial score (nSPS) is 14.0. The monoisotopic (exact) mass is 259 g/mol.